The molecule has 0 spiro atoms. The Balaban J connectivity index is 1.79. The van der Waals surface area contributed by atoms with E-state index in [1.54, 1.807) is 11.9 Å². The number of fused-ring (bicyclic) bond motifs is 1. The van der Waals surface area contributed by atoms with Gasteiger partial charge in [0.25, 0.3) is 5.91 Å². The van der Waals surface area contributed by atoms with Gasteiger partial charge in [-0.2, -0.15) is 0 Å². The van der Waals surface area contributed by atoms with Crippen LogP contribution >= 0.6 is 0 Å². The monoisotopic (exact) mass is 288 g/mol. The zero-order valence-corrected chi connectivity index (χ0v) is 13.0. The van der Waals surface area contributed by atoms with Crippen molar-refractivity contribution in [2.24, 2.45) is 11.8 Å². The maximum Gasteiger partial charge on any atom is 0.260 e. The fourth-order valence-corrected chi connectivity index (χ4v) is 3.51. The summed E-state index contributed by atoms with van der Waals surface area (Å²) in [6.45, 7) is 6.75. The summed E-state index contributed by atoms with van der Waals surface area (Å²) in [7, 11) is 1.73. The number of hydrogen-bond acceptors (Lipinski definition) is 3. The van der Waals surface area contributed by atoms with Crippen molar-refractivity contribution >= 4 is 17.3 Å². The van der Waals surface area contributed by atoms with Crippen LogP contribution in [0.2, 0.25) is 0 Å². The van der Waals surface area contributed by atoms with Crippen LogP contribution in [0.15, 0.2) is 18.2 Å². The van der Waals surface area contributed by atoms with Gasteiger partial charge in [0.1, 0.15) is 0 Å². The highest BCUT2D eigenvalue weighted by Gasteiger charge is 2.34. The Kier molecular flexibility index (Phi) is 3.66. The molecular weight excluding hydrogens is 264 g/mol. The van der Waals surface area contributed by atoms with E-state index in [9.17, 15) is 9.90 Å². The lowest BCUT2D eigenvalue weighted by Crippen LogP contribution is -2.35. The molecule has 3 rings (SSSR count). The molecule has 0 bridgehead atoms. The van der Waals surface area contributed by atoms with E-state index in [0.29, 0.717) is 0 Å². The predicted octanol–water partition coefficient (Wildman–Crippen LogP) is 2.57. The molecule has 1 unspecified atom stereocenters. The van der Waals surface area contributed by atoms with Gasteiger partial charge in [0.2, 0.25) is 0 Å². The number of nitrogens with zero attached hydrogens (tertiary/aromatic N) is 2. The van der Waals surface area contributed by atoms with Gasteiger partial charge in [-0.1, -0.05) is 19.9 Å². The van der Waals surface area contributed by atoms with E-state index < -0.39 is 6.10 Å². The Morgan fingerprint density at radius 3 is 2.52 bits per heavy atom. The zero-order chi connectivity index (χ0) is 15.1. The minimum Gasteiger partial charge on any atom is -0.378 e. The quantitative estimate of drug-likeness (QED) is 0.909. The van der Waals surface area contributed by atoms with Crippen molar-refractivity contribution in [3.63, 3.8) is 0 Å². The summed E-state index contributed by atoms with van der Waals surface area (Å²) in [4.78, 5) is 15.8. The van der Waals surface area contributed by atoms with Crippen molar-refractivity contribution in [2.45, 2.75) is 32.8 Å². The number of aliphatic hydroxyl groups excluding tert-OH is 1. The summed E-state index contributed by atoms with van der Waals surface area (Å²) in [6, 6.07) is 5.97. The minimum atomic E-state index is -0.995. The van der Waals surface area contributed by atoms with Crippen LogP contribution < -0.4 is 9.80 Å². The smallest absolute Gasteiger partial charge is 0.260 e. The number of carbonyl (C=O) groups excluding carboxylic acids is 1. The van der Waals surface area contributed by atoms with Gasteiger partial charge in [-0.05, 0) is 36.8 Å². The topological polar surface area (TPSA) is 43.8 Å². The SMILES string of the molecule is CC(C)C1CCN(c2ccc3c(c2)N(C)C(=O)C3O)CC1. The highest BCUT2D eigenvalue weighted by Crippen LogP contribution is 2.38. The van der Waals surface area contributed by atoms with Crippen LogP contribution in [0.1, 0.15) is 38.4 Å². The lowest BCUT2D eigenvalue weighted by molar-refractivity contribution is -0.125. The molecule has 0 aromatic heterocycles. The fourth-order valence-electron chi connectivity index (χ4n) is 3.51. The van der Waals surface area contributed by atoms with Gasteiger partial charge in [0, 0.05) is 31.4 Å². The Bertz CT molecular complexity index is 548. The van der Waals surface area contributed by atoms with E-state index in [1.165, 1.54) is 12.8 Å². The summed E-state index contributed by atoms with van der Waals surface area (Å²) < 4.78 is 0. The molecule has 114 valence electrons. The molecule has 0 saturated carbocycles. The summed E-state index contributed by atoms with van der Waals surface area (Å²) in [5.41, 5.74) is 2.73. The minimum absolute atomic E-state index is 0.235. The number of amides is 1. The van der Waals surface area contributed by atoms with Crippen LogP contribution in [0.3, 0.4) is 0 Å². The Morgan fingerprint density at radius 1 is 1.24 bits per heavy atom. The number of likely N-dealkylation sites (N-methyl/N-ethyl adjacent to an activating group) is 1. The molecule has 1 atom stereocenters. The first-order valence-corrected chi connectivity index (χ1v) is 7.83. The predicted molar refractivity (Wildman–Crippen MR) is 84.6 cm³/mol. The van der Waals surface area contributed by atoms with Gasteiger partial charge in [-0.15, -0.1) is 0 Å². The Morgan fingerprint density at radius 2 is 1.90 bits per heavy atom. The molecule has 21 heavy (non-hydrogen) atoms. The molecule has 1 saturated heterocycles. The molecular formula is C17H24N2O2. The Labute approximate surface area is 126 Å². The third kappa shape index (κ3) is 2.42. The third-order valence-corrected chi connectivity index (χ3v) is 5.08. The van der Waals surface area contributed by atoms with Crippen molar-refractivity contribution in [2.75, 3.05) is 29.9 Å². The summed E-state index contributed by atoms with van der Waals surface area (Å²) >= 11 is 0. The van der Waals surface area contributed by atoms with E-state index >= 15 is 0 Å². The standard InChI is InChI=1S/C17H24N2O2/c1-11(2)12-6-8-19(9-7-12)13-4-5-14-15(10-13)18(3)17(21)16(14)20/h4-5,10-12,16,20H,6-9H2,1-3H3. The van der Waals surface area contributed by atoms with Crippen LogP contribution in [0.25, 0.3) is 0 Å². The number of anilines is 2. The highest BCUT2D eigenvalue weighted by molar-refractivity contribution is 6.03. The van der Waals surface area contributed by atoms with Crippen molar-refractivity contribution in [3.05, 3.63) is 23.8 Å². The van der Waals surface area contributed by atoms with Crippen molar-refractivity contribution in [1.82, 2.24) is 0 Å². The van der Waals surface area contributed by atoms with Gasteiger partial charge in [-0.25, -0.2) is 0 Å². The summed E-state index contributed by atoms with van der Waals surface area (Å²) in [5.74, 6) is 1.34. The van der Waals surface area contributed by atoms with Crippen molar-refractivity contribution < 1.29 is 9.90 Å². The van der Waals surface area contributed by atoms with Crippen molar-refractivity contribution in [1.29, 1.82) is 0 Å². The first-order chi connectivity index (χ1) is 9.99. The number of benzene rings is 1. The molecule has 2 aliphatic heterocycles. The molecule has 1 N–H and O–H groups in total. The van der Waals surface area contributed by atoms with E-state index in [1.807, 2.05) is 18.2 Å². The highest BCUT2D eigenvalue weighted by atomic mass is 16.3. The van der Waals surface area contributed by atoms with Crippen LogP contribution in [0, 0.1) is 11.8 Å². The van der Waals surface area contributed by atoms with Gasteiger partial charge >= 0.3 is 0 Å². The molecule has 1 aromatic rings. The van der Waals surface area contributed by atoms with E-state index in [4.69, 9.17) is 0 Å². The largest absolute Gasteiger partial charge is 0.378 e. The molecule has 1 fully saturated rings. The zero-order valence-electron chi connectivity index (χ0n) is 13.0. The maximum atomic E-state index is 11.8. The van der Waals surface area contributed by atoms with Crippen LogP contribution in [-0.2, 0) is 4.79 Å². The van der Waals surface area contributed by atoms with E-state index in [2.05, 4.69) is 18.7 Å². The van der Waals surface area contributed by atoms with E-state index in [-0.39, 0.29) is 5.91 Å². The number of aliphatic hydroxyl groups is 1. The second-order valence-corrected chi connectivity index (χ2v) is 6.61. The number of rotatable bonds is 2. The maximum absolute atomic E-state index is 11.8. The van der Waals surface area contributed by atoms with Crippen LogP contribution in [0.5, 0.6) is 0 Å². The molecule has 0 radical (unpaired) electrons. The molecule has 1 amide bonds. The van der Waals surface area contributed by atoms with Crippen LogP contribution in [0.4, 0.5) is 11.4 Å². The summed E-state index contributed by atoms with van der Waals surface area (Å²) in [5, 5.41) is 9.91. The molecule has 1 aromatic carbocycles. The summed E-state index contributed by atoms with van der Waals surface area (Å²) in [6.07, 6.45) is 1.46. The molecule has 2 heterocycles. The van der Waals surface area contributed by atoms with E-state index in [0.717, 1.165) is 41.9 Å². The normalized spacial score (nSPS) is 23.1. The number of hydrogen-bond donors (Lipinski definition) is 1. The Hall–Kier alpha value is -1.55. The number of piperidine rings is 1. The van der Waals surface area contributed by atoms with Gasteiger partial charge in [0.05, 0.1) is 5.69 Å². The number of carbonyl (C=O) groups is 1. The molecule has 0 aliphatic carbocycles. The van der Waals surface area contributed by atoms with Gasteiger partial charge in [-0.3, -0.25) is 4.79 Å². The third-order valence-electron chi connectivity index (χ3n) is 5.08. The van der Waals surface area contributed by atoms with Crippen molar-refractivity contribution in [3.8, 4) is 0 Å². The lowest BCUT2D eigenvalue weighted by atomic mass is 9.86. The molecule has 2 aliphatic rings. The molecule has 4 heteroatoms. The lowest BCUT2D eigenvalue weighted by Gasteiger charge is -2.35. The second-order valence-electron chi connectivity index (χ2n) is 6.61. The first-order valence-electron chi connectivity index (χ1n) is 7.83. The first kappa shape index (κ1) is 14.4. The van der Waals surface area contributed by atoms with Gasteiger partial charge in [0.15, 0.2) is 6.10 Å². The molecule has 4 nitrogen and oxygen atoms in total. The average Bonchev–Trinajstić information content (AvgIpc) is 2.72. The van der Waals surface area contributed by atoms with Gasteiger partial charge < -0.3 is 14.9 Å². The second kappa shape index (κ2) is 5.34. The van der Waals surface area contributed by atoms with Crippen LogP contribution in [-0.4, -0.2) is 31.2 Å². The fraction of sp³-hybridized carbons (Fsp3) is 0.588. The average molecular weight is 288 g/mol.